The third-order valence-corrected chi connectivity index (χ3v) is 7.75. The number of carbonyl (C=O) groups excluding carboxylic acids is 2. The van der Waals surface area contributed by atoms with E-state index in [-0.39, 0.29) is 18.5 Å². The van der Waals surface area contributed by atoms with Gasteiger partial charge < -0.3 is 18.8 Å². The molecule has 0 fully saturated rings. The van der Waals surface area contributed by atoms with Crippen molar-refractivity contribution in [2.75, 3.05) is 13.2 Å². The Hall–Kier alpha value is -4.63. The predicted octanol–water partition coefficient (Wildman–Crippen LogP) is 5.90. The molecule has 0 saturated heterocycles. The molecule has 3 aromatic heterocycles. The molecular weight excluding hydrogens is 526 g/mol. The van der Waals surface area contributed by atoms with E-state index < -0.39 is 5.97 Å². The molecule has 1 aliphatic rings. The van der Waals surface area contributed by atoms with E-state index in [2.05, 4.69) is 5.10 Å². The van der Waals surface area contributed by atoms with Gasteiger partial charge in [0.2, 0.25) is 5.78 Å². The number of thiophene rings is 1. The van der Waals surface area contributed by atoms with Gasteiger partial charge in [0.15, 0.2) is 24.2 Å². The van der Waals surface area contributed by atoms with E-state index in [9.17, 15) is 9.59 Å². The number of hydrogen-bond acceptors (Lipinski definition) is 7. The molecule has 202 valence electrons. The second-order valence-electron chi connectivity index (χ2n) is 9.54. The van der Waals surface area contributed by atoms with Gasteiger partial charge in [0.1, 0.15) is 17.9 Å². The number of benzene rings is 2. The Kier molecular flexibility index (Phi) is 6.96. The molecule has 0 N–H and O–H groups in total. The molecule has 1 atom stereocenters. The largest absolute Gasteiger partial charge is 0.486 e. The first-order chi connectivity index (χ1) is 19.5. The molecule has 9 heteroatoms. The van der Waals surface area contributed by atoms with Crippen molar-refractivity contribution in [2.45, 2.75) is 26.5 Å². The summed E-state index contributed by atoms with van der Waals surface area (Å²) in [6.07, 6.45) is 1.45. The molecule has 0 saturated carbocycles. The third kappa shape index (κ3) is 5.03. The van der Waals surface area contributed by atoms with Gasteiger partial charge in [-0.05, 0) is 55.6 Å². The normalized spacial score (nSPS) is 14.2. The number of aromatic nitrogens is 3. The van der Waals surface area contributed by atoms with E-state index in [1.54, 1.807) is 10.9 Å². The summed E-state index contributed by atoms with van der Waals surface area (Å²) in [5, 5.41) is 6.57. The Morgan fingerprint density at radius 2 is 1.77 bits per heavy atom. The van der Waals surface area contributed by atoms with Gasteiger partial charge in [-0.1, -0.05) is 36.4 Å². The number of Topliss-reactive ketones (excluding diaryl/α,β-unsaturated/α-hetero) is 1. The van der Waals surface area contributed by atoms with Crippen molar-refractivity contribution in [1.82, 2.24) is 14.3 Å². The van der Waals surface area contributed by atoms with E-state index >= 15 is 0 Å². The molecule has 1 aliphatic heterocycles. The van der Waals surface area contributed by atoms with Crippen LogP contribution in [0.2, 0.25) is 0 Å². The van der Waals surface area contributed by atoms with Crippen LogP contribution in [0.5, 0.6) is 11.5 Å². The summed E-state index contributed by atoms with van der Waals surface area (Å²) in [5.41, 5.74) is 3.86. The van der Waals surface area contributed by atoms with E-state index in [0.29, 0.717) is 35.7 Å². The van der Waals surface area contributed by atoms with Gasteiger partial charge in [0.05, 0.1) is 17.1 Å². The lowest BCUT2D eigenvalue weighted by Crippen LogP contribution is -2.33. The molecular formula is C31H27N3O5S. The van der Waals surface area contributed by atoms with Crippen molar-refractivity contribution in [3.8, 4) is 27.8 Å². The SMILES string of the molecule is Cc1cc(C(=O)COC(=O)c2cn(-c3ccccc3)nc2-c2cccs2)c(C)n1C[C@H]1COc2ccccc2O1. The number of fused-ring (bicyclic) bond motifs is 1. The first kappa shape index (κ1) is 25.6. The fourth-order valence-corrected chi connectivity index (χ4v) is 5.56. The molecule has 2 aromatic carbocycles. The molecule has 8 nitrogen and oxygen atoms in total. The van der Waals surface area contributed by atoms with Crippen LogP contribution in [0.25, 0.3) is 16.3 Å². The quantitative estimate of drug-likeness (QED) is 0.176. The van der Waals surface area contributed by atoms with Gasteiger partial charge in [-0.3, -0.25) is 4.79 Å². The topological polar surface area (TPSA) is 84.6 Å². The van der Waals surface area contributed by atoms with E-state index in [1.807, 2.05) is 96.6 Å². The molecule has 0 spiro atoms. The molecule has 0 aliphatic carbocycles. The minimum atomic E-state index is -0.598. The Morgan fingerprint density at radius 1 is 1.00 bits per heavy atom. The number of aryl methyl sites for hydroxylation is 1. The lowest BCUT2D eigenvalue weighted by atomic mass is 10.1. The van der Waals surface area contributed by atoms with Gasteiger partial charge >= 0.3 is 5.97 Å². The standard InChI is InChI=1S/C31H27N3O5S/c1-20-15-24(21(2)33(20)16-23-18-37-27-11-6-7-12-28(27)39-23)26(35)19-38-31(36)25-17-34(22-9-4-3-5-10-22)32-30(25)29-13-8-14-40-29/h3-15,17,23H,16,18-19H2,1-2H3/t23-/m0/s1. The molecule has 0 unspecified atom stereocenters. The summed E-state index contributed by atoms with van der Waals surface area (Å²) in [6.45, 7) is 4.40. The highest BCUT2D eigenvalue weighted by Crippen LogP contribution is 2.32. The Labute approximate surface area is 235 Å². The van der Waals surface area contributed by atoms with Gasteiger partial charge in [0, 0.05) is 23.1 Å². The van der Waals surface area contributed by atoms with E-state index in [4.69, 9.17) is 14.2 Å². The van der Waals surface area contributed by atoms with Crippen LogP contribution in [-0.2, 0) is 11.3 Å². The van der Waals surface area contributed by atoms with Gasteiger partial charge in [0.25, 0.3) is 0 Å². The van der Waals surface area contributed by atoms with E-state index in [0.717, 1.165) is 27.7 Å². The number of nitrogens with zero attached hydrogens (tertiary/aromatic N) is 3. The van der Waals surface area contributed by atoms with Crippen LogP contribution < -0.4 is 9.47 Å². The fourth-order valence-electron chi connectivity index (χ4n) is 4.84. The number of esters is 1. The molecule has 0 radical (unpaired) electrons. The Balaban J connectivity index is 1.16. The zero-order chi connectivity index (χ0) is 27.6. The average molecular weight is 554 g/mol. The second kappa shape index (κ2) is 10.9. The van der Waals surface area contributed by atoms with Crippen LogP contribution >= 0.6 is 11.3 Å². The smallest absolute Gasteiger partial charge is 0.342 e. The summed E-state index contributed by atoms with van der Waals surface area (Å²) in [6, 6.07) is 22.7. The summed E-state index contributed by atoms with van der Waals surface area (Å²) in [5.74, 6) is 0.571. The number of hydrogen-bond donors (Lipinski definition) is 0. The van der Waals surface area contributed by atoms with Crippen molar-refractivity contribution in [2.24, 2.45) is 0 Å². The second-order valence-corrected chi connectivity index (χ2v) is 10.5. The first-order valence-electron chi connectivity index (χ1n) is 12.9. The number of rotatable bonds is 8. The number of para-hydroxylation sites is 3. The molecule has 40 heavy (non-hydrogen) atoms. The highest BCUT2D eigenvalue weighted by Gasteiger charge is 2.25. The van der Waals surface area contributed by atoms with Crippen LogP contribution in [0.3, 0.4) is 0 Å². The van der Waals surface area contributed by atoms with Crippen LogP contribution in [0.15, 0.2) is 84.4 Å². The average Bonchev–Trinajstić information content (AvgIpc) is 3.73. The Morgan fingerprint density at radius 3 is 2.55 bits per heavy atom. The zero-order valence-electron chi connectivity index (χ0n) is 22.1. The monoisotopic (exact) mass is 553 g/mol. The minimum Gasteiger partial charge on any atom is -0.486 e. The first-order valence-corrected chi connectivity index (χ1v) is 13.8. The fraction of sp³-hybridized carbons (Fsp3) is 0.194. The summed E-state index contributed by atoms with van der Waals surface area (Å²) < 4.78 is 21.2. The van der Waals surface area contributed by atoms with E-state index in [1.165, 1.54) is 11.3 Å². The molecule has 5 aromatic rings. The highest BCUT2D eigenvalue weighted by atomic mass is 32.1. The van der Waals surface area contributed by atoms with Crippen molar-refractivity contribution in [3.63, 3.8) is 0 Å². The van der Waals surface area contributed by atoms with Crippen LogP contribution in [0.4, 0.5) is 0 Å². The van der Waals surface area contributed by atoms with Gasteiger partial charge in [-0.15, -0.1) is 11.3 Å². The summed E-state index contributed by atoms with van der Waals surface area (Å²) in [4.78, 5) is 27.2. The number of carbonyl (C=O) groups is 2. The van der Waals surface area contributed by atoms with Crippen molar-refractivity contribution in [3.05, 3.63) is 107 Å². The number of ether oxygens (including phenoxy) is 3. The van der Waals surface area contributed by atoms with Gasteiger partial charge in [-0.25, -0.2) is 9.48 Å². The molecule has 6 rings (SSSR count). The molecule has 4 heterocycles. The molecule has 0 bridgehead atoms. The summed E-state index contributed by atoms with van der Waals surface area (Å²) >= 11 is 1.48. The van der Waals surface area contributed by atoms with Crippen molar-refractivity contribution >= 4 is 23.1 Å². The van der Waals surface area contributed by atoms with Crippen LogP contribution in [-0.4, -0.2) is 45.4 Å². The minimum absolute atomic E-state index is 0.197. The zero-order valence-corrected chi connectivity index (χ0v) is 22.9. The predicted molar refractivity (Wildman–Crippen MR) is 152 cm³/mol. The maximum Gasteiger partial charge on any atom is 0.342 e. The lowest BCUT2D eigenvalue weighted by Gasteiger charge is -2.27. The lowest BCUT2D eigenvalue weighted by molar-refractivity contribution is 0.0475. The van der Waals surface area contributed by atoms with Crippen LogP contribution in [0, 0.1) is 13.8 Å². The van der Waals surface area contributed by atoms with Crippen LogP contribution in [0.1, 0.15) is 32.1 Å². The Bertz CT molecular complexity index is 1670. The highest BCUT2D eigenvalue weighted by molar-refractivity contribution is 7.13. The van der Waals surface area contributed by atoms with Gasteiger partial charge in [-0.2, -0.15) is 5.10 Å². The van der Waals surface area contributed by atoms with Crippen molar-refractivity contribution in [1.29, 1.82) is 0 Å². The number of ketones is 1. The maximum absolute atomic E-state index is 13.2. The maximum atomic E-state index is 13.2. The summed E-state index contributed by atoms with van der Waals surface area (Å²) in [7, 11) is 0. The molecule has 0 amide bonds. The third-order valence-electron chi connectivity index (χ3n) is 6.87. The van der Waals surface area contributed by atoms with Crippen molar-refractivity contribution < 1.29 is 23.8 Å².